The summed E-state index contributed by atoms with van der Waals surface area (Å²) in [5, 5.41) is 0. The summed E-state index contributed by atoms with van der Waals surface area (Å²) < 4.78 is 11.1. The van der Waals surface area contributed by atoms with Gasteiger partial charge in [-0.1, -0.05) is 34.1 Å². The number of esters is 1. The van der Waals surface area contributed by atoms with Gasteiger partial charge in [-0.05, 0) is 42.8 Å². The molecular weight excluding hydrogens is 410 g/mol. The number of rotatable bonds is 4. The molecular formula is C21H18BrNO4. The highest BCUT2D eigenvalue weighted by atomic mass is 79.9. The second-order valence-corrected chi connectivity index (χ2v) is 6.82. The minimum Gasteiger partial charge on any atom is -0.497 e. The second-order valence-electron chi connectivity index (χ2n) is 5.91. The Hall–Kier alpha value is -2.86. The molecule has 0 bridgehead atoms. The normalized spacial score (nSPS) is 15.5. The molecule has 0 aromatic heterocycles. The lowest BCUT2D eigenvalue weighted by molar-refractivity contribution is -0.136. The molecule has 0 saturated heterocycles. The Morgan fingerprint density at radius 2 is 1.85 bits per heavy atom. The van der Waals surface area contributed by atoms with E-state index >= 15 is 0 Å². The molecule has 1 amide bonds. The first kappa shape index (κ1) is 18.9. The van der Waals surface area contributed by atoms with Gasteiger partial charge >= 0.3 is 5.97 Å². The third-order valence-corrected chi connectivity index (χ3v) is 4.75. The van der Waals surface area contributed by atoms with Crippen LogP contribution in [0, 0.1) is 0 Å². The van der Waals surface area contributed by atoms with Gasteiger partial charge in [0.1, 0.15) is 5.75 Å². The maximum absolute atomic E-state index is 13.2. The van der Waals surface area contributed by atoms with Crippen molar-refractivity contribution in [2.24, 2.45) is 0 Å². The molecule has 5 nitrogen and oxygen atoms in total. The number of methoxy groups -OCH3 is 2. The number of ether oxygens (including phenoxy) is 2. The van der Waals surface area contributed by atoms with Crippen LogP contribution in [0.5, 0.6) is 5.75 Å². The first-order chi connectivity index (χ1) is 13.0. The molecule has 27 heavy (non-hydrogen) atoms. The lowest BCUT2D eigenvalue weighted by Gasteiger charge is -2.18. The first-order valence-corrected chi connectivity index (χ1v) is 9.01. The van der Waals surface area contributed by atoms with Crippen molar-refractivity contribution in [3.05, 3.63) is 75.4 Å². The summed E-state index contributed by atoms with van der Waals surface area (Å²) in [6, 6.07) is 14.6. The molecule has 0 fully saturated rings. The average molecular weight is 428 g/mol. The molecule has 2 aromatic carbocycles. The fourth-order valence-corrected chi connectivity index (χ4v) is 3.42. The summed E-state index contributed by atoms with van der Waals surface area (Å²) in [6.45, 7) is 1.73. The highest BCUT2D eigenvalue weighted by molar-refractivity contribution is 9.10. The zero-order valence-corrected chi connectivity index (χ0v) is 16.7. The number of hydrogen-bond acceptors (Lipinski definition) is 4. The molecule has 138 valence electrons. The predicted octanol–water partition coefficient (Wildman–Crippen LogP) is 4.33. The van der Waals surface area contributed by atoms with E-state index in [1.807, 2.05) is 24.3 Å². The fraction of sp³-hybridized carbons (Fsp3) is 0.143. The lowest BCUT2D eigenvalue weighted by Crippen LogP contribution is -2.24. The van der Waals surface area contributed by atoms with Crippen LogP contribution in [0.2, 0.25) is 0 Å². The Balaban J connectivity index is 2.14. The summed E-state index contributed by atoms with van der Waals surface area (Å²) in [5.41, 5.74) is 2.48. The molecule has 2 aromatic rings. The van der Waals surface area contributed by atoms with E-state index in [9.17, 15) is 9.59 Å². The topological polar surface area (TPSA) is 55.8 Å². The van der Waals surface area contributed by atoms with E-state index in [4.69, 9.17) is 9.47 Å². The molecule has 0 N–H and O–H groups in total. The maximum atomic E-state index is 13.2. The van der Waals surface area contributed by atoms with Crippen molar-refractivity contribution < 1.29 is 19.1 Å². The van der Waals surface area contributed by atoms with Gasteiger partial charge in [0.05, 0.1) is 31.1 Å². The van der Waals surface area contributed by atoms with Crippen LogP contribution >= 0.6 is 15.9 Å². The van der Waals surface area contributed by atoms with Gasteiger partial charge in [0.25, 0.3) is 5.91 Å². The summed E-state index contributed by atoms with van der Waals surface area (Å²) in [5.74, 6) is -0.217. The SMILES string of the molecule is COC(=O)C1=C(C)N(c2cccc(OC)c2)C(=O)/C1=C/c1cccc(Br)c1. The average Bonchev–Trinajstić information content (AvgIpc) is 2.91. The smallest absolute Gasteiger partial charge is 0.340 e. The first-order valence-electron chi connectivity index (χ1n) is 8.21. The van der Waals surface area contributed by atoms with Crippen LogP contribution in [0.1, 0.15) is 12.5 Å². The molecule has 0 aliphatic carbocycles. The van der Waals surface area contributed by atoms with E-state index in [1.165, 1.54) is 12.0 Å². The van der Waals surface area contributed by atoms with Crippen LogP contribution in [0.25, 0.3) is 6.08 Å². The van der Waals surface area contributed by atoms with Crippen molar-refractivity contribution in [3.63, 3.8) is 0 Å². The van der Waals surface area contributed by atoms with E-state index in [0.29, 0.717) is 22.7 Å². The van der Waals surface area contributed by atoms with Crippen LogP contribution in [-0.2, 0) is 14.3 Å². The number of anilines is 1. The van der Waals surface area contributed by atoms with Gasteiger partial charge in [-0.25, -0.2) is 4.79 Å². The molecule has 1 heterocycles. The summed E-state index contributed by atoms with van der Waals surface area (Å²) in [4.78, 5) is 27.1. The van der Waals surface area contributed by atoms with Crippen LogP contribution < -0.4 is 9.64 Å². The Morgan fingerprint density at radius 3 is 2.52 bits per heavy atom. The number of amides is 1. The van der Waals surface area contributed by atoms with Crippen LogP contribution in [0.4, 0.5) is 5.69 Å². The van der Waals surface area contributed by atoms with Gasteiger partial charge in [0, 0.05) is 16.2 Å². The molecule has 1 aliphatic heterocycles. The van der Waals surface area contributed by atoms with Crippen molar-refractivity contribution in [1.29, 1.82) is 0 Å². The fourth-order valence-electron chi connectivity index (χ4n) is 3.00. The largest absolute Gasteiger partial charge is 0.497 e. The molecule has 0 saturated carbocycles. The van der Waals surface area contributed by atoms with Crippen LogP contribution in [0.3, 0.4) is 0 Å². The lowest BCUT2D eigenvalue weighted by atomic mass is 10.0. The number of benzene rings is 2. The molecule has 0 unspecified atom stereocenters. The van der Waals surface area contributed by atoms with E-state index < -0.39 is 5.97 Å². The van der Waals surface area contributed by atoms with Gasteiger partial charge in [-0.15, -0.1) is 0 Å². The van der Waals surface area contributed by atoms with Crippen molar-refractivity contribution in [1.82, 2.24) is 0 Å². The Labute approximate surface area is 166 Å². The molecule has 0 atom stereocenters. The third kappa shape index (κ3) is 3.66. The van der Waals surface area contributed by atoms with Gasteiger partial charge in [0.15, 0.2) is 0 Å². The number of halogens is 1. The number of carbonyl (C=O) groups is 2. The minimum atomic E-state index is -0.549. The molecule has 0 spiro atoms. The van der Waals surface area contributed by atoms with Gasteiger partial charge in [-0.2, -0.15) is 0 Å². The van der Waals surface area contributed by atoms with E-state index in [0.717, 1.165) is 10.0 Å². The number of carbonyl (C=O) groups excluding carboxylic acids is 2. The Morgan fingerprint density at radius 1 is 1.11 bits per heavy atom. The standard InChI is InChI=1S/C21H18BrNO4/c1-13-19(21(25)27-3)18(11-14-6-4-7-15(22)10-14)20(24)23(13)16-8-5-9-17(12-16)26-2/h4-12H,1-3H3/b18-11+. The van der Waals surface area contributed by atoms with E-state index in [1.54, 1.807) is 44.4 Å². The predicted molar refractivity (Wildman–Crippen MR) is 107 cm³/mol. The van der Waals surface area contributed by atoms with Gasteiger partial charge in [-0.3, -0.25) is 9.69 Å². The summed E-state index contributed by atoms with van der Waals surface area (Å²) >= 11 is 3.42. The summed E-state index contributed by atoms with van der Waals surface area (Å²) in [6.07, 6.45) is 1.70. The Kier molecular flexibility index (Phi) is 5.46. The summed E-state index contributed by atoms with van der Waals surface area (Å²) in [7, 11) is 2.87. The zero-order chi connectivity index (χ0) is 19.6. The molecule has 1 aliphatic rings. The van der Waals surface area contributed by atoms with Crippen LogP contribution in [0.15, 0.2) is 69.8 Å². The van der Waals surface area contributed by atoms with Gasteiger partial charge < -0.3 is 9.47 Å². The number of nitrogens with zero attached hydrogens (tertiary/aromatic N) is 1. The molecule has 3 rings (SSSR count). The van der Waals surface area contributed by atoms with Crippen molar-refractivity contribution >= 4 is 39.6 Å². The maximum Gasteiger partial charge on any atom is 0.340 e. The third-order valence-electron chi connectivity index (χ3n) is 4.26. The monoisotopic (exact) mass is 427 g/mol. The van der Waals surface area contributed by atoms with E-state index in [-0.39, 0.29) is 11.5 Å². The second kappa shape index (κ2) is 7.80. The highest BCUT2D eigenvalue weighted by Crippen LogP contribution is 2.36. The van der Waals surface area contributed by atoms with Crippen molar-refractivity contribution in [3.8, 4) is 5.75 Å². The minimum absolute atomic E-state index is 0.255. The Bertz CT molecular complexity index is 978. The number of allylic oxidation sites excluding steroid dienone is 1. The highest BCUT2D eigenvalue weighted by Gasteiger charge is 2.38. The molecule has 6 heteroatoms. The number of hydrogen-bond donors (Lipinski definition) is 0. The quantitative estimate of drug-likeness (QED) is 0.537. The van der Waals surface area contributed by atoms with Crippen molar-refractivity contribution in [2.75, 3.05) is 19.1 Å². The van der Waals surface area contributed by atoms with E-state index in [2.05, 4.69) is 15.9 Å². The van der Waals surface area contributed by atoms with Crippen molar-refractivity contribution in [2.45, 2.75) is 6.92 Å². The van der Waals surface area contributed by atoms with Gasteiger partial charge in [0.2, 0.25) is 0 Å². The molecule has 0 radical (unpaired) electrons. The van der Waals surface area contributed by atoms with Crippen LogP contribution in [-0.4, -0.2) is 26.1 Å². The zero-order valence-electron chi connectivity index (χ0n) is 15.2.